The van der Waals surface area contributed by atoms with Gasteiger partial charge in [-0.15, -0.1) is 23.1 Å². The molecule has 6 aromatic rings. The lowest BCUT2D eigenvalue weighted by atomic mass is 10.1. The van der Waals surface area contributed by atoms with E-state index in [0.717, 1.165) is 37.5 Å². The molecule has 0 saturated carbocycles. The number of aromatic nitrogens is 2. The maximum atomic E-state index is 13.6. The quantitative estimate of drug-likeness (QED) is 0.0879. The average Bonchev–Trinajstić information content (AvgIpc) is 3.66. The fourth-order valence-corrected chi connectivity index (χ4v) is 6.51. The van der Waals surface area contributed by atoms with Crippen molar-refractivity contribution in [3.05, 3.63) is 137 Å². The fraction of sp³-hybridized carbons (Fsp3) is 0.0811. The maximum absolute atomic E-state index is 13.6. The number of anilines is 2. The van der Waals surface area contributed by atoms with Crippen molar-refractivity contribution in [2.24, 2.45) is 0 Å². The van der Waals surface area contributed by atoms with Crippen LogP contribution in [0.25, 0.3) is 28.2 Å². The van der Waals surface area contributed by atoms with Gasteiger partial charge in [0.25, 0.3) is 11.8 Å². The highest BCUT2D eigenvalue weighted by atomic mass is 32.2. The Morgan fingerprint density at radius 1 is 0.872 bits per heavy atom. The number of nitrogens with zero attached hydrogens (tertiary/aromatic N) is 1. The lowest BCUT2D eigenvalue weighted by Gasteiger charge is -2.12. The molecule has 0 saturated heterocycles. The van der Waals surface area contributed by atoms with E-state index in [0.29, 0.717) is 16.4 Å². The van der Waals surface area contributed by atoms with Crippen LogP contribution in [-0.4, -0.2) is 33.4 Å². The van der Waals surface area contributed by atoms with Crippen LogP contribution < -0.4 is 16.0 Å². The molecule has 4 aromatic carbocycles. The third-order valence-corrected chi connectivity index (χ3v) is 9.16. The van der Waals surface area contributed by atoms with E-state index in [1.807, 2.05) is 74.5 Å². The van der Waals surface area contributed by atoms with Crippen LogP contribution in [0.1, 0.15) is 26.4 Å². The van der Waals surface area contributed by atoms with Gasteiger partial charge in [0.05, 0.1) is 11.4 Å². The Hall–Kier alpha value is -5.45. The molecule has 0 unspecified atom stereocenters. The molecule has 0 spiro atoms. The second-order valence-electron chi connectivity index (χ2n) is 10.8. The zero-order valence-electron chi connectivity index (χ0n) is 25.7. The van der Waals surface area contributed by atoms with Crippen LogP contribution in [-0.2, 0) is 9.59 Å². The number of H-pyrrole nitrogens is 1. The normalized spacial score (nSPS) is 11.3. The van der Waals surface area contributed by atoms with Gasteiger partial charge in [0, 0.05) is 49.3 Å². The Bertz CT molecular complexity index is 2100. The van der Waals surface area contributed by atoms with Gasteiger partial charge in [-0.3, -0.25) is 14.4 Å². The highest BCUT2D eigenvalue weighted by Gasteiger charge is 2.17. The first-order valence-corrected chi connectivity index (χ1v) is 16.7. The first-order chi connectivity index (χ1) is 22.8. The molecule has 10 heteroatoms. The van der Waals surface area contributed by atoms with Crippen LogP contribution in [0.4, 0.5) is 10.8 Å². The molecule has 0 atom stereocenters. The summed E-state index contributed by atoms with van der Waals surface area (Å²) in [5.41, 5.74) is 5.77. The summed E-state index contributed by atoms with van der Waals surface area (Å²) in [7, 11) is 0. The smallest absolute Gasteiger partial charge is 0.272 e. The number of carbonyl (C=O) groups excluding carboxylic acids is 3. The number of rotatable bonds is 10. The number of hydrogen-bond acceptors (Lipinski definition) is 6. The lowest BCUT2D eigenvalue weighted by Crippen LogP contribution is -2.30. The molecule has 0 aliphatic rings. The van der Waals surface area contributed by atoms with E-state index in [9.17, 15) is 14.4 Å². The van der Waals surface area contributed by atoms with Crippen LogP contribution >= 0.6 is 23.1 Å². The minimum atomic E-state index is -0.483. The standard InChI is InChI=1S/C37H31N5O3S2/c1-23-15-17-25(18-16-23)34-24(2)47-37(42-34)41-33(43)22-46-29-12-8-11-28(20-29)39-36(45)32(40-35(44)26-9-4-3-5-10-26)19-27-21-38-31-14-7-6-13-30(27)31/h3-21,38H,22H2,1-2H3,(H,39,45)(H,40,44)(H,41,42,43)/b32-19-. The van der Waals surface area contributed by atoms with E-state index < -0.39 is 11.8 Å². The highest BCUT2D eigenvalue weighted by Crippen LogP contribution is 2.31. The number of carbonyl (C=O) groups is 3. The minimum absolute atomic E-state index is 0.0878. The van der Waals surface area contributed by atoms with Gasteiger partial charge in [-0.1, -0.05) is 72.3 Å². The third kappa shape index (κ3) is 7.86. The summed E-state index contributed by atoms with van der Waals surface area (Å²) in [6, 6.07) is 31.8. The topological polar surface area (TPSA) is 116 Å². The summed E-state index contributed by atoms with van der Waals surface area (Å²) in [5, 5.41) is 10.1. The van der Waals surface area contributed by atoms with Crippen molar-refractivity contribution in [3.63, 3.8) is 0 Å². The monoisotopic (exact) mass is 657 g/mol. The first-order valence-electron chi connectivity index (χ1n) is 14.8. The predicted molar refractivity (Wildman–Crippen MR) is 192 cm³/mol. The zero-order valence-corrected chi connectivity index (χ0v) is 27.3. The van der Waals surface area contributed by atoms with Crippen molar-refractivity contribution in [3.8, 4) is 11.3 Å². The zero-order chi connectivity index (χ0) is 32.8. The number of aromatic amines is 1. The van der Waals surface area contributed by atoms with Crippen LogP contribution in [0.15, 0.2) is 120 Å². The molecule has 0 bridgehead atoms. The molecule has 0 fully saturated rings. The predicted octanol–water partition coefficient (Wildman–Crippen LogP) is 8.05. The molecule has 0 aliphatic carbocycles. The second kappa shape index (κ2) is 14.3. The molecule has 2 heterocycles. The molecule has 47 heavy (non-hydrogen) atoms. The van der Waals surface area contributed by atoms with Crippen molar-refractivity contribution < 1.29 is 14.4 Å². The van der Waals surface area contributed by atoms with E-state index in [-0.39, 0.29) is 17.4 Å². The van der Waals surface area contributed by atoms with E-state index in [4.69, 9.17) is 0 Å². The molecule has 0 radical (unpaired) electrons. The molecule has 2 aromatic heterocycles. The third-order valence-electron chi connectivity index (χ3n) is 7.28. The summed E-state index contributed by atoms with van der Waals surface area (Å²) in [6.45, 7) is 4.03. The van der Waals surface area contributed by atoms with Gasteiger partial charge >= 0.3 is 0 Å². The van der Waals surface area contributed by atoms with E-state index in [1.54, 1.807) is 54.7 Å². The molecule has 3 amide bonds. The van der Waals surface area contributed by atoms with Gasteiger partial charge < -0.3 is 20.9 Å². The largest absolute Gasteiger partial charge is 0.361 e. The van der Waals surface area contributed by atoms with Gasteiger partial charge in [-0.2, -0.15) is 0 Å². The van der Waals surface area contributed by atoms with Gasteiger partial charge in [-0.05, 0) is 56.3 Å². The number of fused-ring (bicyclic) bond motifs is 1. The fourth-order valence-electron chi connectivity index (χ4n) is 4.91. The number of benzene rings is 4. The Morgan fingerprint density at radius 3 is 2.45 bits per heavy atom. The highest BCUT2D eigenvalue weighted by molar-refractivity contribution is 8.00. The summed E-state index contributed by atoms with van der Waals surface area (Å²) < 4.78 is 0. The van der Waals surface area contributed by atoms with Crippen molar-refractivity contribution in [1.82, 2.24) is 15.3 Å². The van der Waals surface area contributed by atoms with Crippen LogP contribution in [0, 0.1) is 13.8 Å². The number of thiazole rings is 1. The molecule has 8 nitrogen and oxygen atoms in total. The Kier molecular flexibility index (Phi) is 9.61. The van der Waals surface area contributed by atoms with Gasteiger partial charge in [0.1, 0.15) is 5.70 Å². The van der Waals surface area contributed by atoms with Crippen molar-refractivity contribution in [2.75, 3.05) is 16.4 Å². The van der Waals surface area contributed by atoms with Crippen LogP contribution in [0.3, 0.4) is 0 Å². The maximum Gasteiger partial charge on any atom is 0.272 e. The summed E-state index contributed by atoms with van der Waals surface area (Å²) in [5.74, 6) is -0.901. The van der Waals surface area contributed by atoms with E-state index in [1.165, 1.54) is 28.7 Å². The molecule has 6 rings (SSSR count). The molecular weight excluding hydrogens is 627 g/mol. The summed E-state index contributed by atoms with van der Waals surface area (Å²) >= 11 is 2.79. The average molecular weight is 658 g/mol. The van der Waals surface area contributed by atoms with Gasteiger partial charge in [0.15, 0.2) is 5.13 Å². The second-order valence-corrected chi connectivity index (χ2v) is 13.0. The number of nitrogens with one attached hydrogen (secondary N) is 4. The van der Waals surface area contributed by atoms with Gasteiger partial charge in [0.2, 0.25) is 5.91 Å². The summed E-state index contributed by atoms with van der Waals surface area (Å²) in [4.78, 5) is 49.1. The number of hydrogen-bond donors (Lipinski definition) is 4. The SMILES string of the molecule is Cc1ccc(-c2nc(NC(=O)CSc3cccc(NC(=O)/C(=C/c4c[nH]c5ccccc45)NC(=O)c4ccccc4)c3)sc2C)cc1. The van der Waals surface area contributed by atoms with E-state index >= 15 is 0 Å². The Balaban J connectivity index is 1.13. The van der Waals surface area contributed by atoms with Crippen LogP contribution in [0.5, 0.6) is 0 Å². The minimum Gasteiger partial charge on any atom is -0.361 e. The van der Waals surface area contributed by atoms with Crippen molar-refractivity contribution >= 4 is 68.6 Å². The lowest BCUT2D eigenvalue weighted by molar-refractivity contribution is -0.114. The van der Waals surface area contributed by atoms with Crippen LogP contribution in [0.2, 0.25) is 0 Å². The molecular formula is C37H31N5O3S2. The number of para-hydroxylation sites is 1. The Labute approximate surface area is 280 Å². The number of aryl methyl sites for hydroxylation is 2. The molecule has 0 aliphatic heterocycles. The Morgan fingerprint density at radius 2 is 1.64 bits per heavy atom. The van der Waals surface area contributed by atoms with Gasteiger partial charge in [-0.25, -0.2) is 4.98 Å². The molecule has 4 N–H and O–H groups in total. The first kappa shape index (κ1) is 31.5. The van der Waals surface area contributed by atoms with E-state index in [2.05, 4.69) is 25.9 Å². The molecule has 234 valence electrons. The number of amides is 3. The van der Waals surface area contributed by atoms with Crippen molar-refractivity contribution in [1.29, 1.82) is 0 Å². The van der Waals surface area contributed by atoms with Crippen molar-refractivity contribution in [2.45, 2.75) is 18.7 Å². The number of thioether (sulfide) groups is 1. The summed E-state index contributed by atoms with van der Waals surface area (Å²) in [6.07, 6.45) is 3.45.